The molecule has 2 aromatic rings. The molecule has 6 heteroatoms. The molecule has 0 aliphatic heterocycles. The molecule has 0 atom stereocenters. The summed E-state index contributed by atoms with van der Waals surface area (Å²) in [6, 6.07) is 1.88. The predicted molar refractivity (Wildman–Crippen MR) is 58.3 cm³/mol. The van der Waals surface area contributed by atoms with Crippen molar-refractivity contribution in [3.8, 4) is 11.4 Å². The first-order chi connectivity index (χ1) is 7.18. The Morgan fingerprint density at radius 1 is 1.47 bits per heavy atom. The number of anilines is 1. The summed E-state index contributed by atoms with van der Waals surface area (Å²) in [7, 11) is 0. The lowest BCUT2D eigenvalue weighted by atomic mass is 10.2. The molecule has 0 radical (unpaired) electrons. The van der Waals surface area contributed by atoms with Gasteiger partial charge in [-0.15, -0.1) is 0 Å². The van der Waals surface area contributed by atoms with Crippen LogP contribution in [0, 0.1) is 0 Å². The van der Waals surface area contributed by atoms with E-state index in [-0.39, 0.29) is 11.4 Å². The van der Waals surface area contributed by atoms with E-state index in [1.165, 1.54) is 17.5 Å². The molecule has 1 amide bonds. The number of primary amides is 1. The molecule has 0 aromatic carbocycles. The van der Waals surface area contributed by atoms with E-state index in [1.807, 2.05) is 16.8 Å². The lowest BCUT2D eigenvalue weighted by molar-refractivity contribution is 0.100. The van der Waals surface area contributed by atoms with Gasteiger partial charge in [0.2, 0.25) is 0 Å². The van der Waals surface area contributed by atoms with E-state index in [2.05, 4.69) is 9.97 Å². The average molecular weight is 220 g/mol. The standard InChI is InChI=1S/C9H8N4OS/c10-7-6(8(11)14)3-12-9(13-7)5-1-2-15-4-5/h1-4H,(H2,11,14)(H2,10,12,13). The number of hydrogen-bond acceptors (Lipinski definition) is 5. The minimum Gasteiger partial charge on any atom is -0.383 e. The van der Waals surface area contributed by atoms with Crippen molar-refractivity contribution in [1.29, 1.82) is 0 Å². The van der Waals surface area contributed by atoms with Crippen LogP contribution in [0.3, 0.4) is 0 Å². The quantitative estimate of drug-likeness (QED) is 0.785. The van der Waals surface area contributed by atoms with Crippen LogP contribution in [0.1, 0.15) is 10.4 Å². The van der Waals surface area contributed by atoms with Crippen molar-refractivity contribution >= 4 is 23.1 Å². The minimum atomic E-state index is -0.621. The highest BCUT2D eigenvalue weighted by Gasteiger charge is 2.10. The van der Waals surface area contributed by atoms with Crippen LogP contribution in [0.5, 0.6) is 0 Å². The zero-order valence-electron chi connectivity index (χ0n) is 7.68. The first kappa shape index (κ1) is 9.60. The van der Waals surface area contributed by atoms with Gasteiger partial charge in [0.15, 0.2) is 5.82 Å². The van der Waals surface area contributed by atoms with Crippen molar-refractivity contribution in [1.82, 2.24) is 9.97 Å². The second-order valence-electron chi connectivity index (χ2n) is 2.87. The van der Waals surface area contributed by atoms with Gasteiger partial charge < -0.3 is 11.5 Å². The van der Waals surface area contributed by atoms with Gasteiger partial charge in [0, 0.05) is 17.1 Å². The third-order valence-corrected chi connectivity index (χ3v) is 2.55. The van der Waals surface area contributed by atoms with E-state index in [9.17, 15) is 4.79 Å². The van der Waals surface area contributed by atoms with Crippen LogP contribution in [0.25, 0.3) is 11.4 Å². The van der Waals surface area contributed by atoms with Gasteiger partial charge >= 0.3 is 0 Å². The molecular formula is C9H8N4OS. The summed E-state index contributed by atoms with van der Waals surface area (Å²) in [5.41, 5.74) is 11.7. The van der Waals surface area contributed by atoms with E-state index < -0.39 is 5.91 Å². The number of amides is 1. The molecule has 5 nitrogen and oxygen atoms in total. The third kappa shape index (κ3) is 1.79. The molecule has 2 aromatic heterocycles. The fourth-order valence-electron chi connectivity index (χ4n) is 1.12. The van der Waals surface area contributed by atoms with Gasteiger partial charge in [-0.2, -0.15) is 11.3 Å². The molecule has 0 unspecified atom stereocenters. The zero-order valence-corrected chi connectivity index (χ0v) is 8.49. The summed E-state index contributed by atoms with van der Waals surface area (Å²) in [4.78, 5) is 18.9. The Morgan fingerprint density at radius 3 is 2.80 bits per heavy atom. The van der Waals surface area contributed by atoms with Crippen LogP contribution < -0.4 is 11.5 Å². The summed E-state index contributed by atoms with van der Waals surface area (Å²) < 4.78 is 0. The van der Waals surface area contributed by atoms with Gasteiger partial charge in [0.1, 0.15) is 5.82 Å². The highest BCUT2D eigenvalue weighted by molar-refractivity contribution is 7.08. The summed E-state index contributed by atoms with van der Waals surface area (Å²) in [5.74, 6) is -0.0122. The summed E-state index contributed by atoms with van der Waals surface area (Å²) in [6.45, 7) is 0. The molecule has 0 aliphatic carbocycles. The number of carbonyl (C=O) groups is 1. The number of nitrogens with zero attached hydrogens (tertiary/aromatic N) is 2. The normalized spacial score (nSPS) is 10.1. The van der Waals surface area contributed by atoms with E-state index >= 15 is 0 Å². The molecule has 15 heavy (non-hydrogen) atoms. The van der Waals surface area contributed by atoms with E-state index in [0.29, 0.717) is 5.82 Å². The molecule has 0 fully saturated rings. The topological polar surface area (TPSA) is 94.9 Å². The number of carbonyl (C=O) groups excluding carboxylic acids is 1. The van der Waals surface area contributed by atoms with Crippen LogP contribution in [0.4, 0.5) is 5.82 Å². The number of nitrogens with two attached hydrogens (primary N) is 2. The Hall–Kier alpha value is -1.95. The molecule has 0 saturated heterocycles. The monoisotopic (exact) mass is 220 g/mol. The number of thiophene rings is 1. The Kier molecular flexibility index (Phi) is 2.34. The highest BCUT2D eigenvalue weighted by Crippen LogP contribution is 2.19. The van der Waals surface area contributed by atoms with Gasteiger partial charge in [-0.05, 0) is 11.4 Å². The number of rotatable bonds is 2. The Balaban J connectivity index is 2.47. The lowest BCUT2D eigenvalue weighted by Crippen LogP contribution is -2.15. The first-order valence-corrected chi connectivity index (χ1v) is 5.07. The van der Waals surface area contributed by atoms with Crippen LogP contribution in [0.15, 0.2) is 23.0 Å². The maximum absolute atomic E-state index is 10.9. The second-order valence-corrected chi connectivity index (χ2v) is 3.65. The lowest BCUT2D eigenvalue weighted by Gasteiger charge is -2.01. The van der Waals surface area contributed by atoms with Crippen LogP contribution in [0.2, 0.25) is 0 Å². The van der Waals surface area contributed by atoms with Crippen molar-refractivity contribution < 1.29 is 4.79 Å². The zero-order chi connectivity index (χ0) is 10.8. The predicted octanol–water partition coefficient (Wildman–Crippen LogP) is 0.886. The van der Waals surface area contributed by atoms with Crippen molar-refractivity contribution in [2.24, 2.45) is 5.73 Å². The number of aromatic nitrogens is 2. The fourth-order valence-corrected chi connectivity index (χ4v) is 1.75. The second kappa shape index (κ2) is 3.66. The van der Waals surface area contributed by atoms with Crippen molar-refractivity contribution in [3.05, 3.63) is 28.6 Å². The third-order valence-electron chi connectivity index (χ3n) is 1.86. The summed E-state index contributed by atoms with van der Waals surface area (Å²) in [6.07, 6.45) is 1.34. The van der Waals surface area contributed by atoms with Gasteiger partial charge in [-0.1, -0.05) is 0 Å². The van der Waals surface area contributed by atoms with Crippen LogP contribution >= 0.6 is 11.3 Å². The average Bonchev–Trinajstić information content (AvgIpc) is 2.69. The SMILES string of the molecule is NC(=O)c1cnc(-c2ccsc2)nc1N. The van der Waals surface area contributed by atoms with E-state index in [0.717, 1.165) is 5.56 Å². The van der Waals surface area contributed by atoms with Gasteiger partial charge in [-0.25, -0.2) is 9.97 Å². The van der Waals surface area contributed by atoms with Gasteiger partial charge in [0.25, 0.3) is 5.91 Å². The van der Waals surface area contributed by atoms with Crippen LogP contribution in [-0.2, 0) is 0 Å². The molecule has 4 N–H and O–H groups in total. The Labute approximate surface area is 89.8 Å². The highest BCUT2D eigenvalue weighted by atomic mass is 32.1. The van der Waals surface area contributed by atoms with Crippen molar-refractivity contribution in [3.63, 3.8) is 0 Å². The van der Waals surface area contributed by atoms with E-state index in [4.69, 9.17) is 11.5 Å². The molecule has 2 heterocycles. The molecule has 76 valence electrons. The molecular weight excluding hydrogens is 212 g/mol. The van der Waals surface area contributed by atoms with E-state index in [1.54, 1.807) is 0 Å². The van der Waals surface area contributed by atoms with Crippen molar-refractivity contribution in [2.45, 2.75) is 0 Å². The largest absolute Gasteiger partial charge is 0.383 e. The molecule has 0 spiro atoms. The molecule has 0 bridgehead atoms. The molecule has 0 saturated carbocycles. The van der Waals surface area contributed by atoms with Crippen molar-refractivity contribution in [2.75, 3.05) is 5.73 Å². The molecule has 0 aliphatic rings. The Bertz CT molecular complexity index is 495. The van der Waals surface area contributed by atoms with Gasteiger partial charge in [0.05, 0.1) is 5.56 Å². The Morgan fingerprint density at radius 2 is 2.27 bits per heavy atom. The fraction of sp³-hybridized carbons (Fsp3) is 0. The summed E-state index contributed by atoms with van der Waals surface area (Å²) >= 11 is 1.54. The summed E-state index contributed by atoms with van der Waals surface area (Å²) in [5, 5.41) is 3.82. The van der Waals surface area contributed by atoms with Gasteiger partial charge in [-0.3, -0.25) is 4.79 Å². The molecule has 2 rings (SSSR count). The smallest absolute Gasteiger partial charge is 0.254 e. The first-order valence-electron chi connectivity index (χ1n) is 4.13. The maximum atomic E-state index is 10.9. The maximum Gasteiger partial charge on any atom is 0.254 e. The van der Waals surface area contributed by atoms with Crippen LogP contribution in [-0.4, -0.2) is 15.9 Å². The number of hydrogen-bond donors (Lipinski definition) is 2. The number of nitrogen functional groups attached to an aromatic ring is 1. The minimum absolute atomic E-state index is 0.110.